The van der Waals surface area contributed by atoms with E-state index < -0.39 is 11.9 Å². The highest BCUT2D eigenvalue weighted by Crippen LogP contribution is 2.34. The first kappa shape index (κ1) is 16.1. The number of nitrogens with one attached hydrogen (secondary N) is 1. The normalized spacial score (nSPS) is 13.0. The van der Waals surface area contributed by atoms with Crippen LogP contribution in [0.4, 0.5) is 11.4 Å². The van der Waals surface area contributed by atoms with Gasteiger partial charge in [-0.25, -0.2) is 4.79 Å². The Morgan fingerprint density at radius 3 is 2.79 bits per heavy atom. The summed E-state index contributed by atoms with van der Waals surface area (Å²) in [6, 6.07) is 9.56. The number of carboxylic acid groups (broad SMARTS) is 1. The van der Waals surface area contributed by atoms with Crippen LogP contribution in [0.5, 0.6) is 5.75 Å². The summed E-state index contributed by atoms with van der Waals surface area (Å²) in [6.45, 7) is 1.22. The van der Waals surface area contributed by atoms with Gasteiger partial charge >= 0.3 is 5.97 Å². The molecule has 1 amide bonds. The second-order valence-electron chi connectivity index (χ2n) is 5.37. The summed E-state index contributed by atoms with van der Waals surface area (Å²) in [5.41, 5.74) is 1.28. The molecule has 0 radical (unpaired) electrons. The number of hydrogen-bond donors (Lipinski definition) is 2. The standard InChI is InChI=1S/C17H15ClN2O4/c1-20-7-8-24-15-11(3-2-4-14(15)20)16(21)19-13-6-5-10(18)9-12(13)17(22)23/h2-6,9H,7-8H2,1H3,(H,19,21)(H,22,23). The van der Waals surface area contributed by atoms with Crippen molar-refractivity contribution in [2.75, 3.05) is 30.4 Å². The fourth-order valence-electron chi connectivity index (χ4n) is 2.55. The number of ether oxygens (including phenoxy) is 1. The molecule has 3 rings (SSSR count). The van der Waals surface area contributed by atoms with Crippen LogP contribution in [0, 0.1) is 0 Å². The van der Waals surface area contributed by atoms with E-state index in [0.29, 0.717) is 17.9 Å². The number of carbonyl (C=O) groups excluding carboxylic acids is 1. The highest BCUT2D eigenvalue weighted by Gasteiger charge is 2.23. The molecule has 0 bridgehead atoms. The van der Waals surface area contributed by atoms with E-state index in [-0.39, 0.29) is 16.3 Å². The fourth-order valence-corrected chi connectivity index (χ4v) is 2.73. The van der Waals surface area contributed by atoms with E-state index >= 15 is 0 Å². The van der Waals surface area contributed by atoms with Crippen molar-refractivity contribution in [2.24, 2.45) is 0 Å². The minimum Gasteiger partial charge on any atom is -0.489 e. The van der Waals surface area contributed by atoms with Gasteiger partial charge in [-0.05, 0) is 30.3 Å². The molecule has 0 aliphatic carbocycles. The summed E-state index contributed by atoms with van der Waals surface area (Å²) in [5, 5.41) is 12.2. The minimum absolute atomic E-state index is 0.0707. The zero-order chi connectivity index (χ0) is 17.3. The van der Waals surface area contributed by atoms with Crippen molar-refractivity contribution in [1.29, 1.82) is 0 Å². The molecule has 2 aromatic rings. The lowest BCUT2D eigenvalue weighted by molar-refractivity contribution is 0.0698. The number of nitrogens with zero attached hydrogens (tertiary/aromatic N) is 1. The largest absolute Gasteiger partial charge is 0.489 e. The fraction of sp³-hybridized carbons (Fsp3) is 0.176. The number of halogens is 1. The van der Waals surface area contributed by atoms with Crippen LogP contribution < -0.4 is 15.0 Å². The van der Waals surface area contributed by atoms with E-state index in [2.05, 4.69) is 5.32 Å². The van der Waals surface area contributed by atoms with E-state index in [0.717, 1.165) is 12.2 Å². The first-order valence-corrected chi connectivity index (χ1v) is 7.66. The maximum atomic E-state index is 12.6. The SMILES string of the molecule is CN1CCOc2c(C(=O)Nc3ccc(Cl)cc3C(=O)O)cccc21. The third-order valence-corrected chi connectivity index (χ3v) is 4.02. The molecule has 2 N–H and O–H groups in total. The van der Waals surface area contributed by atoms with Crippen molar-refractivity contribution in [3.63, 3.8) is 0 Å². The van der Waals surface area contributed by atoms with Crippen LogP contribution in [0.25, 0.3) is 0 Å². The summed E-state index contributed by atoms with van der Waals surface area (Å²) in [5.74, 6) is -1.11. The van der Waals surface area contributed by atoms with Crippen LogP contribution in [0.2, 0.25) is 5.02 Å². The summed E-state index contributed by atoms with van der Waals surface area (Å²) < 4.78 is 5.64. The van der Waals surface area contributed by atoms with Crippen molar-refractivity contribution in [1.82, 2.24) is 0 Å². The molecule has 0 aromatic heterocycles. The molecule has 24 heavy (non-hydrogen) atoms. The predicted molar refractivity (Wildman–Crippen MR) is 91.6 cm³/mol. The Labute approximate surface area is 143 Å². The Morgan fingerprint density at radius 1 is 1.25 bits per heavy atom. The third-order valence-electron chi connectivity index (χ3n) is 3.78. The molecular formula is C17H15ClN2O4. The van der Waals surface area contributed by atoms with Gasteiger partial charge in [0.1, 0.15) is 6.61 Å². The van der Waals surface area contributed by atoms with Gasteiger partial charge < -0.3 is 20.1 Å². The van der Waals surface area contributed by atoms with Crippen LogP contribution in [-0.4, -0.2) is 37.2 Å². The Balaban J connectivity index is 1.95. The summed E-state index contributed by atoms with van der Waals surface area (Å²) in [4.78, 5) is 25.9. The lowest BCUT2D eigenvalue weighted by Crippen LogP contribution is -2.30. The highest BCUT2D eigenvalue weighted by molar-refractivity contribution is 6.31. The molecule has 1 aliphatic rings. The Hall–Kier alpha value is -2.73. The molecule has 124 valence electrons. The van der Waals surface area contributed by atoms with E-state index in [4.69, 9.17) is 16.3 Å². The van der Waals surface area contributed by atoms with Gasteiger partial charge in [-0.2, -0.15) is 0 Å². The zero-order valence-electron chi connectivity index (χ0n) is 12.9. The van der Waals surface area contributed by atoms with E-state index in [9.17, 15) is 14.7 Å². The molecule has 6 nitrogen and oxygen atoms in total. The Morgan fingerprint density at radius 2 is 2.04 bits per heavy atom. The predicted octanol–water partition coefficient (Wildman–Crippen LogP) is 3.12. The summed E-state index contributed by atoms with van der Waals surface area (Å²) in [6.07, 6.45) is 0. The number of para-hydroxylation sites is 1. The van der Waals surface area contributed by atoms with Gasteiger partial charge in [0, 0.05) is 12.1 Å². The molecular weight excluding hydrogens is 332 g/mol. The van der Waals surface area contributed by atoms with Crippen LogP contribution in [0.3, 0.4) is 0 Å². The number of aromatic carboxylic acids is 1. The van der Waals surface area contributed by atoms with E-state index in [1.807, 2.05) is 18.0 Å². The molecule has 2 aromatic carbocycles. The Bertz CT molecular complexity index is 822. The number of fused-ring (bicyclic) bond motifs is 1. The lowest BCUT2D eigenvalue weighted by Gasteiger charge is -2.28. The monoisotopic (exact) mass is 346 g/mol. The molecule has 0 fully saturated rings. The highest BCUT2D eigenvalue weighted by atomic mass is 35.5. The first-order chi connectivity index (χ1) is 11.5. The second kappa shape index (κ2) is 6.41. The molecule has 0 saturated carbocycles. The molecule has 7 heteroatoms. The van der Waals surface area contributed by atoms with Gasteiger partial charge in [-0.3, -0.25) is 4.79 Å². The first-order valence-electron chi connectivity index (χ1n) is 7.28. The topological polar surface area (TPSA) is 78.9 Å². The number of amides is 1. The lowest BCUT2D eigenvalue weighted by atomic mass is 10.1. The Kier molecular flexibility index (Phi) is 4.31. The van der Waals surface area contributed by atoms with Crippen molar-refractivity contribution >= 4 is 34.9 Å². The number of carboxylic acids is 1. The van der Waals surface area contributed by atoms with Gasteiger partial charge in [0.05, 0.1) is 29.0 Å². The van der Waals surface area contributed by atoms with Gasteiger partial charge in [-0.1, -0.05) is 17.7 Å². The van der Waals surface area contributed by atoms with Crippen molar-refractivity contribution in [3.8, 4) is 5.75 Å². The minimum atomic E-state index is -1.17. The average molecular weight is 347 g/mol. The van der Waals surface area contributed by atoms with Crippen LogP contribution in [-0.2, 0) is 0 Å². The smallest absolute Gasteiger partial charge is 0.337 e. The molecule has 1 heterocycles. The van der Waals surface area contributed by atoms with E-state index in [1.54, 1.807) is 12.1 Å². The van der Waals surface area contributed by atoms with Gasteiger partial charge in [0.15, 0.2) is 5.75 Å². The molecule has 1 aliphatic heterocycles. The summed E-state index contributed by atoms with van der Waals surface area (Å²) in [7, 11) is 1.92. The number of carbonyl (C=O) groups is 2. The quantitative estimate of drug-likeness (QED) is 0.892. The van der Waals surface area contributed by atoms with Crippen LogP contribution >= 0.6 is 11.6 Å². The van der Waals surface area contributed by atoms with Gasteiger partial charge in [0.25, 0.3) is 5.91 Å². The second-order valence-corrected chi connectivity index (χ2v) is 5.81. The van der Waals surface area contributed by atoms with Gasteiger partial charge in [-0.15, -0.1) is 0 Å². The molecule has 0 unspecified atom stereocenters. The third kappa shape index (κ3) is 3.00. The number of anilines is 2. The van der Waals surface area contributed by atoms with Gasteiger partial charge in [0.2, 0.25) is 0 Å². The molecule has 0 atom stereocenters. The van der Waals surface area contributed by atoms with Crippen LogP contribution in [0.15, 0.2) is 36.4 Å². The van der Waals surface area contributed by atoms with Crippen molar-refractivity contribution in [2.45, 2.75) is 0 Å². The summed E-state index contributed by atoms with van der Waals surface area (Å²) >= 11 is 5.82. The number of benzene rings is 2. The average Bonchev–Trinajstić information content (AvgIpc) is 2.56. The van der Waals surface area contributed by atoms with Crippen molar-refractivity contribution < 1.29 is 19.4 Å². The van der Waals surface area contributed by atoms with Crippen molar-refractivity contribution in [3.05, 3.63) is 52.5 Å². The van der Waals surface area contributed by atoms with E-state index in [1.165, 1.54) is 18.2 Å². The molecule has 0 saturated heterocycles. The maximum absolute atomic E-state index is 12.6. The number of likely N-dealkylation sites (N-methyl/N-ethyl adjacent to an activating group) is 1. The maximum Gasteiger partial charge on any atom is 0.337 e. The number of hydrogen-bond acceptors (Lipinski definition) is 4. The molecule has 0 spiro atoms. The van der Waals surface area contributed by atoms with Crippen LogP contribution in [0.1, 0.15) is 20.7 Å². The zero-order valence-corrected chi connectivity index (χ0v) is 13.6. The number of rotatable bonds is 3.